The molecule has 0 bridgehead atoms. The van der Waals surface area contributed by atoms with E-state index in [1.165, 1.54) is 61.6 Å². The Labute approximate surface area is 228 Å². The molecule has 1 aromatic heterocycles. The molecule has 38 heavy (non-hydrogen) atoms. The van der Waals surface area contributed by atoms with Gasteiger partial charge in [-0.05, 0) is 100 Å². The summed E-state index contributed by atoms with van der Waals surface area (Å²) in [4.78, 5) is 2.41. The Balaban J connectivity index is 1.97. The molecule has 2 heteroatoms. The summed E-state index contributed by atoms with van der Waals surface area (Å²) in [5, 5.41) is 1.28. The molecule has 0 atom stereocenters. The molecule has 0 saturated carbocycles. The van der Waals surface area contributed by atoms with Gasteiger partial charge in [0.25, 0.3) is 0 Å². The van der Waals surface area contributed by atoms with Gasteiger partial charge in [0.2, 0.25) is 0 Å². The van der Waals surface area contributed by atoms with Gasteiger partial charge in [-0.1, -0.05) is 73.7 Å². The van der Waals surface area contributed by atoms with Crippen LogP contribution in [0.4, 0.5) is 11.4 Å². The average Bonchev–Trinajstić information content (AvgIpc) is 3.18. The van der Waals surface area contributed by atoms with Crippen LogP contribution in [0.25, 0.3) is 22.7 Å². The molecule has 0 amide bonds. The van der Waals surface area contributed by atoms with Gasteiger partial charge in [-0.25, -0.2) is 0 Å². The minimum atomic E-state index is 0.844. The smallest absolute Gasteiger partial charge is 0.0537 e. The van der Waals surface area contributed by atoms with Crippen molar-refractivity contribution in [1.29, 1.82) is 0 Å². The highest BCUT2D eigenvalue weighted by atomic mass is 15.2. The van der Waals surface area contributed by atoms with Gasteiger partial charge in [0.05, 0.1) is 5.52 Å². The van der Waals surface area contributed by atoms with E-state index in [9.17, 15) is 0 Å². The lowest BCUT2D eigenvalue weighted by Crippen LogP contribution is -2.17. The van der Waals surface area contributed by atoms with E-state index in [1.807, 2.05) is 6.08 Å². The molecule has 0 spiro atoms. The summed E-state index contributed by atoms with van der Waals surface area (Å²) in [6.07, 6.45) is 12.8. The van der Waals surface area contributed by atoms with E-state index in [1.54, 1.807) is 0 Å². The molecule has 194 valence electrons. The first-order chi connectivity index (χ1) is 18.4. The van der Waals surface area contributed by atoms with Gasteiger partial charge in [-0.15, -0.1) is 6.58 Å². The number of fused-ring (bicyclic) bond motifs is 1. The Hall–Kier alpha value is -4.04. The molecule has 0 aliphatic heterocycles. The second-order valence-electron chi connectivity index (χ2n) is 10.0. The van der Waals surface area contributed by atoms with Gasteiger partial charge < -0.3 is 9.47 Å². The number of allylic oxidation sites excluding steroid dienone is 6. The number of benzene rings is 3. The molecule has 0 unspecified atom stereocenters. The van der Waals surface area contributed by atoms with E-state index in [-0.39, 0.29) is 0 Å². The first-order valence-corrected chi connectivity index (χ1v) is 13.6. The van der Waals surface area contributed by atoms with Crippen LogP contribution in [0.3, 0.4) is 0 Å². The average molecular weight is 501 g/mol. The molecule has 0 N–H and O–H groups in total. The largest absolute Gasteiger partial charge is 0.314 e. The number of anilines is 2. The third kappa shape index (κ3) is 5.45. The second-order valence-corrected chi connectivity index (χ2v) is 10.0. The number of nitrogens with zero attached hydrogens (tertiary/aromatic N) is 2. The molecule has 0 fully saturated rings. The summed E-state index contributed by atoms with van der Waals surface area (Å²) >= 11 is 0. The van der Waals surface area contributed by atoms with E-state index in [0.717, 1.165) is 12.8 Å². The normalized spacial score (nSPS) is 12.5. The molecule has 1 heterocycles. The number of aryl methyl sites for hydroxylation is 4. The lowest BCUT2D eigenvalue weighted by atomic mass is 10.1. The van der Waals surface area contributed by atoms with E-state index >= 15 is 0 Å². The van der Waals surface area contributed by atoms with Gasteiger partial charge in [0.1, 0.15) is 0 Å². The maximum absolute atomic E-state index is 3.90. The highest BCUT2D eigenvalue weighted by Crippen LogP contribution is 2.37. The van der Waals surface area contributed by atoms with Gasteiger partial charge in [-0.3, -0.25) is 0 Å². The lowest BCUT2D eigenvalue weighted by Gasteiger charge is -2.30. The fourth-order valence-electron chi connectivity index (χ4n) is 5.16. The fourth-order valence-corrected chi connectivity index (χ4v) is 5.16. The Morgan fingerprint density at radius 1 is 0.895 bits per heavy atom. The predicted molar refractivity (Wildman–Crippen MR) is 168 cm³/mol. The SMILES string of the molecule is C=CCC=Cc1c(C)c2ccccc2n1C(/C=C(\C)N(c1ccccc1C)c1cc(C)ccc1C)=C/CC. The first kappa shape index (κ1) is 27.0. The van der Waals surface area contributed by atoms with Crippen molar-refractivity contribution in [3.8, 4) is 0 Å². The van der Waals surface area contributed by atoms with Crippen molar-refractivity contribution in [3.63, 3.8) is 0 Å². The van der Waals surface area contributed by atoms with Gasteiger partial charge >= 0.3 is 0 Å². The fraction of sp³-hybridized carbons (Fsp3) is 0.222. The molecule has 0 aliphatic rings. The van der Waals surface area contributed by atoms with Crippen molar-refractivity contribution < 1.29 is 0 Å². The minimum absolute atomic E-state index is 0.844. The van der Waals surface area contributed by atoms with Crippen LogP contribution >= 0.6 is 0 Å². The highest BCUT2D eigenvalue weighted by Gasteiger charge is 2.19. The Morgan fingerprint density at radius 2 is 1.61 bits per heavy atom. The number of para-hydroxylation sites is 2. The topological polar surface area (TPSA) is 8.17 Å². The first-order valence-electron chi connectivity index (χ1n) is 13.6. The number of aromatic nitrogens is 1. The van der Waals surface area contributed by atoms with Crippen LogP contribution < -0.4 is 4.90 Å². The molecule has 4 aromatic rings. The zero-order valence-corrected chi connectivity index (χ0v) is 23.8. The summed E-state index contributed by atoms with van der Waals surface area (Å²) in [5.74, 6) is 0. The van der Waals surface area contributed by atoms with E-state index < -0.39 is 0 Å². The van der Waals surface area contributed by atoms with Crippen LogP contribution in [0.2, 0.25) is 0 Å². The Morgan fingerprint density at radius 3 is 2.34 bits per heavy atom. The Kier molecular flexibility index (Phi) is 8.53. The third-order valence-corrected chi connectivity index (χ3v) is 7.10. The molecule has 0 radical (unpaired) electrons. The van der Waals surface area contributed by atoms with Crippen LogP contribution in [0.5, 0.6) is 0 Å². The third-order valence-electron chi connectivity index (χ3n) is 7.10. The summed E-state index contributed by atoms with van der Waals surface area (Å²) in [6, 6.07) is 24.1. The van der Waals surface area contributed by atoms with Crippen molar-refractivity contribution in [2.24, 2.45) is 0 Å². The number of hydrogen-bond acceptors (Lipinski definition) is 1. The minimum Gasteiger partial charge on any atom is -0.314 e. The van der Waals surface area contributed by atoms with E-state index in [2.05, 4.69) is 149 Å². The van der Waals surface area contributed by atoms with Crippen molar-refractivity contribution >= 4 is 34.1 Å². The maximum Gasteiger partial charge on any atom is 0.0537 e. The van der Waals surface area contributed by atoms with Crippen LogP contribution in [0, 0.1) is 27.7 Å². The summed E-state index contributed by atoms with van der Waals surface area (Å²) < 4.78 is 2.41. The summed E-state index contributed by atoms with van der Waals surface area (Å²) in [6.45, 7) is 17.1. The van der Waals surface area contributed by atoms with Crippen molar-refractivity contribution in [1.82, 2.24) is 4.57 Å². The molecule has 0 saturated heterocycles. The lowest BCUT2D eigenvalue weighted by molar-refractivity contribution is 1.08. The van der Waals surface area contributed by atoms with Crippen molar-refractivity contribution in [2.75, 3.05) is 4.90 Å². The zero-order chi connectivity index (χ0) is 27.2. The highest BCUT2D eigenvalue weighted by molar-refractivity contribution is 5.92. The van der Waals surface area contributed by atoms with Gasteiger partial charge in [-0.2, -0.15) is 0 Å². The summed E-state index contributed by atoms with van der Waals surface area (Å²) in [7, 11) is 0. The Bertz CT molecular complexity index is 1540. The standard InChI is InChI=1S/C36H40N2/c1-8-10-11-20-34-30(7)32-18-13-15-21-35(32)38(34)31(16-9-2)25-29(6)37(33-19-14-12-17-27(33)4)36-24-26(3)22-23-28(36)5/h8,11-25H,1,9-10H2,2-7H3/b20-11?,29-25+,31-16+. The van der Waals surface area contributed by atoms with Crippen LogP contribution in [-0.4, -0.2) is 4.57 Å². The van der Waals surface area contributed by atoms with Crippen LogP contribution in [-0.2, 0) is 0 Å². The quantitative estimate of drug-likeness (QED) is 0.164. The molecule has 4 rings (SSSR count). The maximum atomic E-state index is 3.90. The van der Waals surface area contributed by atoms with Crippen LogP contribution in [0.1, 0.15) is 54.6 Å². The molecule has 0 aliphatic carbocycles. The zero-order valence-electron chi connectivity index (χ0n) is 23.8. The monoisotopic (exact) mass is 500 g/mol. The molecular formula is C36H40N2. The molecule has 3 aromatic carbocycles. The number of rotatable bonds is 9. The molecule has 2 nitrogen and oxygen atoms in total. The summed E-state index contributed by atoms with van der Waals surface area (Å²) in [5.41, 5.74) is 12.2. The van der Waals surface area contributed by atoms with Crippen molar-refractivity contribution in [2.45, 2.75) is 54.4 Å². The predicted octanol–water partition coefficient (Wildman–Crippen LogP) is 10.5. The van der Waals surface area contributed by atoms with E-state index in [4.69, 9.17) is 0 Å². The molecular weight excluding hydrogens is 460 g/mol. The van der Waals surface area contributed by atoms with E-state index in [0.29, 0.717) is 0 Å². The van der Waals surface area contributed by atoms with Crippen molar-refractivity contribution in [3.05, 3.63) is 131 Å². The van der Waals surface area contributed by atoms with Gasteiger partial charge in [0.15, 0.2) is 0 Å². The number of hydrogen-bond donors (Lipinski definition) is 0. The van der Waals surface area contributed by atoms with Crippen LogP contribution in [0.15, 0.2) is 103 Å². The second kappa shape index (κ2) is 12.0. The van der Waals surface area contributed by atoms with Gasteiger partial charge in [0, 0.05) is 33.8 Å².